The largest absolute Gasteiger partial charge is 0.273 e. The van der Waals surface area contributed by atoms with E-state index in [-0.39, 0.29) is 23.8 Å². The van der Waals surface area contributed by atoms with Crippen molar-refractivity contribution in [1.29, 1.82) is 0 Å². The number of allylic oxidation sites excluding steroid dienone is 5. The SMILES string of the molecule is C=CCC1CCc2ccccc2C12CC(C1=C(F)C=CC(F)C1)=NN2C(C)=O. The highest BCUT2D eigenvalue weighted by atomic mass is 19.1. The number of hydrazone groups is 1. The number of halogens is 2. The number of benzene rings is 1. The molecule has 28 heavy (non-hydrogen) atoms. The molecule has 0 radical (unpaired) electrons. The van der Waals surface area contributed by atoms with E-state index in [0.29, 0.717) is 12.1 Å². The minimum Gasteiger partial charge on any atom is -0.273 e. The third-order valence-corrected chi connectivity index (χ3v) is 6.19. The van der Waals surface area contributed by atoms with E-state index in [1.807, 2.05) is 24.3 Å². The van der Waals surface area contributed by atoms with Crippen molar-refractivity contribution in [3.63, 3.8) is 0 Å². The number of hydrogen-bond acceptors (Lipinski definition) is 2. The van der Waals surface area contributed by atoms with Gasteiger partial charge in [-0.15, -0.1) is 6.58 Å². The molecular formula is C23H24F2N2O. The summed E-state index contributed by atoms with van der Waals surface area (Å²) in [4.78, 5) is 12.6. The Morgan fingerprint density at radius 2 is 2.21 bits per heavy atom. The van der Waals surface area contributed by atoms with Crippen molar-refractivity contribution in [2.24, 2.45) is 11.0 Å². The van der Waals surface area contributed by atoms with Crippen molar-refractivity contribution in [3.05, 3.63) is 71.6 Å². The lowest BCUT2D eigenvalue weighted by atomic mass is 9.65. The van der Waals surface area contributed by atoms with Gasteiger partial charge in [0, 0.05) is 25.3 Å². The highest BCUT2D eigenvalue weighted by Gasteiger charge is 2.54. The molecule has 0 fully saturated rings. The summed E-state index contributed by atoms with van der Waals surface area (Å²) in [5.74, 6) is -0.531. The first-order valence-corrected chi connectivity index (χ1v) is 9.76. The number of nitrogens with zero attached hydrogens (tertiary/aromatic N) is 2. The summed E-state index contributed by atoms with van der Waals surface area (Å²) >= 11 is 0. The Balaban J connectivity index is 1.86. The Bertz CT molecular complexity index is 917. The maximum atomic E-state index is 14.5. The van der Waals surface area contributed by atoms with E-state index >= 15 is 0 Å². The molecule has 5 heteroatoms. The number of rotatable bonds is 3. The molecule has 0 N–H and O–H groups in total. The van der Waals surface area contributed by atoms with Crippen molar-refractivity contribution in [3.8, 4) is 0 Å². The third-order valence-electron chi connectivity index (χ3n) is 6.19. The van der Waals surface area contributed by atoms with Gasteiger partial charge >= 0.3 is 0 Å². The van der Waals surface area contributed by atoms with Crippen LogP contribution in [0.5, 0.6) is 0 Å². The van der Waals surface area contributed by atoms with Gasteiger partial charge in [-0.1, -0.05) is 30.3 Å². The fraction of sp³-hybridized carbons (Fsp3) is 0.391. The quantitative estimate of drug-likeness (QED) is 0.666. The standard InChI is InChI=1S/C23H24F2N2O/c1-3-6-17-10-9-16-7-4-5-8-20(16)23(17)14-22(26-27(23)15(2)28)19-13-18(24)11-12-21(19)25/h3-5,7-8,11-12,17-18H,1,6,9-10,13-14H2,2H3. The zero-order valence-corrected chi connectivity index (χ0v) is 16.0. The molecule has 2 aliphatic carbocycles. The lowest BCUT2D eigenvalue weighted by Gasteiger charge is -2.46. The molecule has 3 aliphatic rings. The average molecular weight is 382 g/mol. The van der Waals surface area contributed by atoms with Crippen LogP contribution in [0.2, 0.25) is 0 Å². The van der Waals surface area contributed by atoms with Gasteiger partial charge in [0.2, 0.25) is 5.91 Å². The van der Waals surface area contributed by atoms with Crippen LogP contribution in [-0.4, -0.2) is 22.8 Å². The first-order valence-electron chi connectivity index (χ1n) is 9.76. The van der Waals surface area contributed by atoms with E-state index in [2.05, 4.69) is 17.7 Å². The van der Waals surface area contributed by atoms with Crippen LogP contribution in [0.3, 0.4) is 0 Å². The van der Waals surface area contributed by atoms with Gasteiger partial charge in [0.15, 0.2) is 0 Å². The summed E-state index contributed by atoms with van der Waals surface area (Å²) in [6.07, 6.45) is 5.93. The van der Waals surface area contributed by atoms with Crippen LogP contribution in [0.4, 0.5) is 8.78 Å². The zero-order chi connectivity index (χ0) is 19.9. The van der Waals surface area contributed by atoms with Gasteiger partial charge in [0.1, 0.15) is 17.5 Å². The molecule has 1 aromatic rings. The second-order valence-electron chi connectivity index (χ2n) is 7.80. The minimum absolute atomic E-state index is 0.0449. The summed E-state index contributed by atoms with van der Waals surface area (Å²) in [5.41, 5.74) is 2.33. The molecule has 4 rings (SSSR count). The summed E-state index contributed by atoms with van der Waals surface area (Å²) in [6.45, 7) is 5.38. The van der Waals surface area contributed by atoms with Crippen LogP contribution in [0.1, 0.15) is 43.7 Å². The van der Waals surface area contributed by atoms with E-state index in [1.54, 1.807) is 0 Å². The maximum Gasteiger partial charge on any atom is 0.240 e. The lowest BCUT2D eigenvalue weighted by Crippen LogP contribution is -2.50. The normalized spacial score (nSPS) is 29.1. The van der Waals surface area contributed by atoms with Gasteiger partial charge in [0.25, 0.3) is 0 Å². The number of aryl methyl sites for hydroxylation is 1. The molecular weight excluding hydrogens is 358 g/mol. The Morgan fingerprint density at radius 1 is 1.43 bits per heavy atom. The highest BCUT2D eigenvalue weighted by Crippen LogP contribution is 2.52. The van der Waals surface area contributed by atoms with Crippen LogP contribution < -0.4 is 0 Å². The molecule has 146 valence electrons. The van der Waals surface area contributed by atoms with Crippen molar-refractivity contribution in [1.82, 2.24) is 5.01 Å². The molecule has 1 aliphatic heterocycles. The average Bonchev–Trinajstić information content (AvgIpc) is 3.08. The first-order chi connectivity index (χ1) is 13.5. The summed E-state index contributed by atoms with van der Waals surface area (Å²) < 4.78 is 28.5. The van der Waals surface area contributed by atoms with Gasteiger partial charge in [-0.05, 0) is 48.5 Å². The molecule has 0 saturated heterocycles. The molecule has 3 nitrogen and oxygen atoms in total. The van der Waals surface area contributed by atoms with Crippen molar-refractivity contribution < 1.29 is 13.6 Å². The molecule has 3 unspecified atom stereocenters. The number of amides is 1. The summed E-state index contributed by atoms with van der Waals surface area (Å²) in [7, 11) is 0. The van der Waals surface area contributed by atoms with Crippen LogP contribution in [0.15, 0.2) is 65.6 Å². The Hall–Kier alpha value is -2.56. The van der Waals surface area contributed by atoms with Crippen LogP contribution in [0.25, 0.3) is 0 Å². The van der Waals surface area contributed by atoms with E-state index < -0.39 is 17.5 Å². The Morgan fingerprint density at radius 3 is 2.96 bits per heavy atom. The van der Waals surface area contributed by atoms with E-state index in [1.165, 1.54) is 29.6 Å². The van der Waals surface area contributed by atoms with E-state index in [9.17, 15) is 13.6 Å². The molecule has 1 spiro atoms. The smallest absolute Gasteiger partial charge is 0.240 e. The number of alkyl halides is 1. The first kappa shape index (κ1) is 18.8. The Labute approximate surface area is 164 Å². The number of fused-ring (bicyclic) bond motifs is 2. The van der Waals surface area contributed by atoms with E-state index in [0.717, 1.165) is 24.8 Å². The maximum absolute atomic E-state index is 14.5. The van der Waals surface area contributed by atoms with Crippen molar-refractivity contribution in [2.75, 3.05) is 0 Å². The van der Waals surface area contributed by atoms with Crippen LogP contribution in [-0.2, 0) is 16.8 Å². The molecule has 3 atom stereocenters. The van der Waals surface area contributed by atoms with Crippen molar-refractivity contribution in [2.45, 2.75) is 50.7 Å². The molecule has 1 heterocycles. The zero-order valence-electron chi connectivity index (χ0n) is 16.0. The predicted octanol–water partition coefficient (Wildman–Crippen LogP) is 5.15. The molecule has 0 saturated carbocycles. The number of carbonyl (C=O) groups excluding carboxylic acids is 1. The molecule has 1 aromatic carbocycles. The molecule has 0 aromatic heterocycles. The van der Waals surface area contributed by atoms with Gasteiger partial charge in [-0.2, -0.15) is 5.10 Å². The third kappa shape index (κ3) is 2.84. The lowest BCUT2D eigenvalue weighted by molar-refractivity contribution is -0.137. The van der Waals surface area contributed by atoms with Gasteiger partial charge in [-0.3, -0.25) is 4.79 Å². The molecule has 1 amide bonds. The van der Waals surface area contributed by atoms with Gasteiger partial charge in [-0.25, -0.2) is 13.8 Å². The monoisotopic (exact) mass is 382 g/mol. The van der Waals surface area contributed by atoms with Crippen LogP contribution >= 0.6 is 0 Å². The second kappa shape index (κ2) is 7.12. The topological polar surface area (TPSA) is 32.7 Å². The fourth-order valence-corrected chi connectivity index (χ4v) is 4.99. The summed E-state index contributed by atoms with van der Waals surface area (Å²) in [6, 6.07) is 8.09. The summed E-state index contributed by atoms with van der Waals surface area (Å²) in [5, 5.41) is 6.10. The highest BCUT2D eigenvalue weighted by molar-refractivity contribution is 6.04. The predicted molar refractivity (Wildman–Crippen MR) is 106 cm³/mol. The van der Waals surface area contributed by atoms with Gasteiger partial charge in [0.05, 0.1) is 5.71 Å². The fourth-order valence-electron chi connectivity index (χ4n) is 4.99. The number of hydrogen-bond donors (Lipinski definition) is 0. The van der Waals surface area contributed by atoms with Gasteiger partial charge < -0.3 is 0 Å². The van der Waals surface area contributed by atoms with E-state index in [4.69, 9.17) is 0 Å². The van der Waals surface area contributed by atoms with Crippen LogP contribution in [0, 0.1) is 5.92 Å². The minimum atomic E-state index is -1.23. The molecule has 0 bridgehead atoms. The van der Waals surface area contributed by atoms with Crippen molar-refractivity contribution >= 4 is 11.6 Å². The second-order valence-corrected chi connectivity index (χ2v) is 7.80. The number of carbonyl (C=O) groups is 1. The Kier molecular flexibility index (Phi) is 4.77.